The van der Waals surface area contributed by atoms with E-state index in [-0.39, 0.29) is 6.61 Å². The molecule has 0 aliphatic carbocycles. The number of benzene rings is 2. The summed E-state index contributed by atoms with van der Waals surface area (Å²) in [5.41, 5.74) is 1.49. The second kappa shape index (κ2) is 8.90. The number of para-hydroxylation sites is 2. The molecule has 1 atom stereocenters. The third-order valence-electron chi connectivity index (χ3n) is 4.95. The molecule has 0 bridgehead atoms. The number of piperazine rings is 1. The predicted octanol–water partition coefficient (Wildman–Crippen LogP) is 3.05. The molecular weight excluding hydrogens is 394 g/mol. The van der Waals surface area contributed by atoms with Gasteiger partial charge < -0.3 is 23.9 Å². The standard InChI is InChI=1S/C21H24ClN3O4/c1-27-19-4-2-3-5-20(19)28-14-16(26)13-24-8-10-25(11-9-24)21-23-17-12-15(22)6-7-18(17)29-21/h2-7,12,16,26H,8-11,13-14H2,1H3. The molecule has 8 heteroatoms. The average Bonchev–Trinajstić information content (AvgIpc) is 3.16. The molecule has 3 aromatic rings. The van der Waals surface area contributed by atoms with Crippen LogP contribution in [0.3, 0.4) is 0 Å². The summed E-state index contributed by atoms with van der Waals surface area (Å²) in [5, 5.41) is 11.0. The molecule has 1 aliphatic heterocycles. The number of halogens is 1. The van der Waals surface area contributed by atoms with Crippen LogP contribution in [0, 0.1) is 0 Å². The first-order valence-electron chi connectivity index (χ1n) is 9.59. The van der Waals surface area contributed by atoms with Gasteiger partial charge in [-0.25, -0.2) is 0 Å². The molecule has 1 aliphatic rings. The number of β-amino-alcohol motifs (C(OH)–C–C–N with tert-alkyl or cyclic N) is 1. The quantitative estimate of drug-likeness (QED) is 0.633. The number of rotatable bonds is 7. The van der Waals surface area contributed by atoms with Crippen molar-refractivity contribution in [3.05, 3.63) is 47.5 Å². The molecule has 29 heavy (non-hydrogen) atoms. The van der Waals surface area contributed by atoms with Gasteiger partial charge in [0.1, 0.15) is 18.2 Å². The lowest BCUT2D eigenvalue weighted by atomic mass is 10.2. The van der Waals surface area contributed by atoms with Crippen molar-refractivity contribution in [2.24, 2.45) is 0 Å². The van der Waals surface area contributed by atoms with Gasteiger partial charge in [-0.2, -0.15) is 4.98 Å². The molecule has 1 N–H and O–H groups in total. The Morgan fingerprint density at radius 2 is 1.90 bits per heavy atom. The number of aliphatic hydroxyl groups is 1. The minimum atomic E-state index is -0.585. The minimum absolute atomic E-state index is 0.215. The van der Waals surface area contributed by atoms with Crippen LogP contribution in [-0.4, -0.2) is 67.5 Å². The van der Waals surface area contributed by atoms with Crippen LogP contribution >= 0.6 is 11.6 Å². The lowest BCUT2D eigenvalue weighted by Crippen LogP contribution is -2.49. The van der Waals surface area contributed by atoms with Crippen molar-refractivity contribution in [2.75, 3.05) is 51.3 Å². The summed E-state index contributed by atoms with van der Waals surface area (Å²) in [4.78, 5) is 8.87. The molecule has 2 aromatic carbocycles. The molecule has 0 saturated carbocycles. The fourth-order valence-corrected chi connectivity index (χ4v) is 3.59. The molecule has 0 spiro atoms. The maximum Gasteiger partial charge on any atom is 0.298 e. The van der Waals surface area contributed by atoms with Crippen molar-refractivity contribution in [1.82, 2.24) is 9.88 Å². The Kier molecular flexibility index (Phi) is 6.08. The molecule has 4 rings (SSSR count). The van der Waals surface area contributed by atoms with Gasteiger partial charge in [-0.05, 0) is 30.3 Å². The van der Waals surface area contributed by atoms with E-state index in [1.54, 1.807) is 19.2 Å². The van der Waals surface area contributed by atoms with Gasteiger partial charge in [0.2, 0.25) is 0 Å². The Morgan fingerprint density at radius 1 is 1.14 bits per heavy atom. The molecule has 7 nitrogen and oxygen atoms in total. The largest absolute Gasteiger partial charge is 0.493 e. The number of nitrogens with zero attached hydrogens (tertiary/aromatic N) is 3. The first-order valence-corrected chi connectivity index (χ1v) is 9.97. The third-order valence-corrected chi connectivity index (χ3v) is 5.19. The highest BCUT2D eigenvalue weighted by Crippen LogP contribution is 2.26. The van der Waals surface area contributed by atoms with Crippen LogP contribution in [0.5, 0.6) is 11.5 Å². The highest BCUT2D eigenvalue weighted by Gasteiger charge is 2.23. The zero-order valence-electron chi connectivity index (χ0n) is 16.3. The molecule has 1 saturated heterocycles. The molecule has 154 valence electrons. The van der Waals surface area contributed by atoms with Gasteiger partial charge in [0.25, 0.3) is 6.01 Å². The Bertz CT molecular complexity index is 956. The highest BCUT2D eigenvalue weighted by atomic mass is 35.5. The summed E-state index contributed by atoms with van der Waals surface area (Å²) < 4.78 is 16.8. The molecule has 1 unspecified atom stereocenters. The average molecular weight is 418 g/mol. The number of fused-ring (bicyclic) bond motifs is 1. The Balaban J connectivity index is 1.27. The van der Waals surface area contributed by atoms with Gasteiger partial charge in [-0.1, -0.05) is 23.7 Å². The topological polar surface area (TPSA) is 71.2 Å². The van der Waals surface area contributed by atoms with E-state index in [0.717, 1.165) is 37.3 Å². The normalized spacial score (nSPS) is 16.2. The summed E-state index contributed by atoms with van der Waals surface area (Å²) in [6, 6.07) is 13.5. The van der Waals surface area contributed by atoms with Gasteiger partial charge in [-0.3, -0.25) is 4.90 Å². The van der Waals surface area contributed by atoms with Gasteiger partial charge >= 0.3 is 0 Å². The predicted molar refractivity (Wildman–Crippen MR) is 112 cm³/mol. The molecule has 1 fully saturated rings. The van der Waals surface area contributed by atoms with Crippen LogP contribution in [0.4, 0.5) is 6.01 Å². The number of aromatic nitrogens is 1. The number of methoxy groups -OCH3 is 1. The van der Waals surface area contributed by atoms with E-state index in [2.05, 4.69) is 14.8 Å². The maximum atomic E-state index is 10.4. The first-order chi connectivity index (χ1) is 14.1. The number of oxazole rings is 1. The van der Waals surface area contributed by atoms with E-state index in [1.807, 2.05) is 30.3 Å². The van der Waals surface area contributed by atoms with Crippen LogP contribution in [0.2, 0.25) is 5.02 Å². The number of hydrogen-bond donors (Lipinski definition) is 1. The first kappa shape index (κ1) is 19.8. The fraction of sp³-hybridized carbons (Fsp3) is 0.381. The van der Waals surface area contributed by atoms with Crippen LogP contribution in [-0.2, 0) is 0 Å². The van der Waals surface area contributed by atoms with E-state index >= 15 is 0 Å². The summed E-state index contributed by atoms with van der Waals surface area (Å²) in [5.74, 6) is 1.29. The smallest absolute Gasteiger partial charge is 0.298 e. The zero-order chi connectivity index (χ0) is 20.2. The molecule has 1 aromatic heterocycles. The summed E-state index contributed by atoms with van der Waals surface area (Å²) in [7, 11) is 1.60. The minimum Gasteiger partial charge on any atom is -0.493 e. The van der Waals surface area contributed by atoms with Gasteiger partial charge in [0, 0.05) is 37.7 Å². The summed E-state index contributed by atoms with van der Waals surface area (Å²) in [6.45, 7) is 3.94. The van der Waals surface area contributed by atoms with E-state index in [9.17, 15) is 5.11 Å². The second-order valence-corrected chi connectivity index (χ2v) is 7.45. The van der Waals surface area contributed by atoms with Crippen molar-refractivity contribution >= 4 is 28.7 Å². The number of hydrogen-bond acceptors (Lipinski definition) is 7. The summed E-state index contributed by atoms with van der Waals surface area (Å²) >= 11 is 6.02. The van der Waals surface area contributed by atoms with Crippen molar-refractivity contribution in [2.45, 2.75) is 6.10 Å². The summed E-state index contributed by atoms with van der Waals surface area (Å²) in [6.07, 6.45) is -0.585. The molecule has 0 radical (unpaired) electrons. The molecule has 2 heterocycles. The van der Waals surface area contributed by atoms with Crippen molar-refractivity contribution < 1.29 is 19.0 Å². The number of ether oxygens (including phenoxy) is 2. The SMILES string of the molecule is COc1ccccc1OCC(O)CN1CCN(c2nc3cc(Cl)ccc3o2)CC1. The number of aliphatic hydroxyl groups excluding tert-OH is 1. The van der Waals surface area contributed by atoms with Crippen molar-refractivity contribution in [3.63, 3.8) is 0 Å². The van der Waals surface area contributed by atoms with Crippen LogP contribution in [0.25, 0.3) is 11.1 Å². The Labute approximate surface area is 174 Å². The Morgan fingerprint density at radius 3 is 2.66 bits per heavy atom. The molecular formula is C21H24ClN3O4. The van der Waals surface area contributed by atoms with E-state index in [1.165, 1.54) is 0 Å². The lowest BCUT2D eigenvalue weighted by molar-refractivity contribution is 0.0650. The van der Waals surface area contributed by atoms with Gasteiger partial charge in [0.15, 0.2) is 17.1 Å². The molecule has 0 amide bonds. The van der Waals surface area contributed by atoms with Gasteiger partial charge in [-0.15, -0.1) is 0 Å². The zero-order valence-corrected chi connectivity index (χ0v) is 17.0. The fourth-order valence-electron chi connectivity index (χ4n) is 3.42. The van der Waals surface area contributed by atoms with E-state index in [4.69, 9.17) is 25.5 Å². The van der Waals surface area contributed by atoms with Crippen LogP contribution in [0.15, 0.2) is 46.9 Å². The monoisotopic (exact) mass is 417 g/mol. The van der Waals surface area contributed by atoms with Crippen LogP contribution in [0.1, 0.15) is 0 Å². The van der Waals surface area contributed by atoms with Gasteiger partial charge in [0.05, 0.1) is 7.11 Å². The van der Waals surface area contributed by atoms with E-state index in [0.29, 0.717) is 29.1 Å². The van der Waals surface area contributed by atoms with Crippen molar-refractivity contribution in [3.8, 4) is 11.5 Å². The van der Waals surface area contributed by atoms with E-state index < -0.39 is 6.10 Å². The third kappa shape index (κ3) is 4.75. The van der Waals surface area contributed by atoms with Crippen LogP contribution < -0.4 is 14.4 Å². The maximum absolute atomic E-state index is 10.4. The lowest BCUT2D eigenvalue weighted by Gasteiger charge is -2.34. The van der Waals surface area contributed by atoms with Crippen molar-refractivity contribution in [1.29, 1.82) is 0 Å². The highest BCUT2D eigenvalue weighted by molar-refractivity contribution is 6.31. The second-order valence-electron chi connectivity index (χ2n) is 7.01. The Hall–Kier alpha value is -2.48. The number of anilines is 1.